The van der Waals surface area contributed by atoms with E-state index in [2.05, 4.69) is 58.6 Å². The van der Waals surface area contributed by atoms with Crippen LogP contribution in [0.4, 0.5) is 0 Å². The smallest absolute Gasteiger partial charge is 0.0959 e. The average molecular weight is 326 g/mol. The number of rotatable bonds is 5. The maximum atomic E-state index is 12.1. The monoisotopic (exact) mass is 326 g/mol. The normalized spacial score (nSPS) is 14.0. The largest absolute Gasteiger partial charge is 0.348 e. The standard InChI is InChI=1S/C19H22N2OS/c1-20-13-16-7-5-4-6-15(16)10-14-8-9-18-17(11-14)12-19(21-18)23(2,3)22/h4-9,11-12,20-21H,2,10,13H2,1,3H3. The number of hydrogen-bond acceptors (Lipinski definition) is 2. The minimum absolute atomic E-state index is 0.709. The van der Waals surface area contributed by atoms with Gasteiger partial charge in [-0.1, -0.05) is 30.3 Å². The molecule has 4 heteroatoms. The Kier molecular flexibility index (Phi) is 4.28. The van der Waals surface area contributed by atoms with Gasteiger partial charge >= 0.3 is 0 Å². The van der Waals surface area contributed by atoms with Gasteiger partial charge in [0, 0.05) is 33.2 Å². The van der Waals surface area contributed by atoms with Crippen LogP contribution in [0, 0.1) is 0 Å². The molecule has 0 spiro atoms. The van der Waals surface area contributed by atoms with Crippen molar-refractivity contribution >= 4 is 26.3 Å². The predicted molar refractivity (Wildman–Crippen MR) is 99.8 cm³/mol. The molecule has 3 rings (SSSR count). The first kappa shape index (κ1) is 15.8. The minimum atomic E-state index is -2.21. The summed E-state index contributed by atoms with van der Waals surface area (Å²) in [4.78, 5) is 3.21. The van der Waals surface area contributed by atoms with Crippen molar-refractivity contribution in [3.05, 3.63) is 65.2 Å². The van der Waals surface area contributed by atoms with Crippen LogP contribution in [0.3, 0.4) is 0 Å². The van der Waals surface area contributed by atoms with Crippen molar-refractivity contribution in [3.63, 3.8) is 0 Å². The Bertz CT molecular complexity index is 939. The summed E-state index contributed by atoms with van der Waals surface area (Å²) in [7, 11) is -0.251. The molecule has 0 saturated heterocycles. The summed E-state index contributed by atoms with van der Waals surface area (Å²) in [6.45, 7) is 0.867. The number of H-pyrrole nitrogens is 1. The van der Waals surface area contributed by atoms with E-state index in [1.165, 1.54) is 16.7 Å². The van der Waals surface area contributed by atoms with Crippen molar-refractivity contribution < 1.29 is 4.21 Å². The quantitative estimate of drug-likeness (QED) is 0.707. The molecule has 120 valence electrons. The van der Waals surface area contributed by atoms with Crippen LogP contribution in [0.15, 0.2) is 53.6 Å². The van der Waals surface area contributed by atoms with Gasteiger partial charge in [0.1, 0.15) is 0 Å². The number of hydrogen-bond donors (Lipinski definition) is 2. The number of aromatic nitrogens is 1. The summed E-state index contributed by atoms with van der Waals surface area (Å²) in [5, 5.41) is 5.01. The molecule has 1 aromatic heterocycles. The molecule has 2 N–H and O–H groups in total. The summed E-state index contributed by atoms with van der Waals surface area (Å²) >= 11 is 0. The lowest BCUT2D eigenvalue weighted by Crippen LogP contribution is -2.07. The van der Waals surface area contributed by atoms with Crippen molar-refractivity contribution in [3.8, 4) is 0 Å². The second-order valence-corrected chi connectivity index (χ2v) is 8.49. The number of nitrogens with one attached hydrogen (secondary N) is 2. The summed E-state index contributed by atoms with van der Waals surface area (Å²) in [5.74, 6) is 3.75. The van der Waals surface area contributed by atoms with Gasteiger partial charge in [0.15, 0.2) is 0 Å². The molecule has 1 atom stereocenters. The molecule has 23 heavy (non-hydrogen) atoms. The highest BCUT2D eigenvalue weighted by Crippen LogP contribution is 2.22. The zero-order chi connectivity index (χ0) is 16.4. The Labute approximate surface area is 137 Å². The zero-order valence-electron chi connectivity index (χ0n) is 13.6. The fraction of sp³-hybridized carbons (Fsp3) is 0.211. The third-order valence-electron chi connectivity index (χ3n) is 4.01. The molecule has 2 aromatic carbocycles. The second-order valence-electron chi connectivity index (χ2n) is 6.04. The molecule has 3 nitrogen and oxygen atoms in total. The Hall–Kier alpha value is -2.04. The third kappa shape index (κ3) is 3.49. The molecular weight excluding hydrogens is 304 g/mol. The Balaban J connectivity index is 1.95. The lowest BCUT2D eigenvalue weighted by atomic mass is 9.99. The van der Waals surface area contributed by atoms with Gasteiger partial charge in [0.2, 0.25) is 0 Å². The lowest BCUT2D eigenvalue weighted by molar-refractivity contribution is 0.683. The van der Waals surface area contributed by atoms with E-state index in [4.69, 9.17) is 0 Å². The summed E-state index contributed by atoms with van der Waals surface area (Å²) < 4.78 is 12.1. The van der Waals surface area contributed by atoms with Gasteiger partial charge < -0.3 is 10.3 Å². The van der Waals surface area contributed by atoms with Gasteiger partial charge in [-0.15, -0.1) is 0 Å². The first-order chi connectivity index (χ1) is 11.0. The molecule has 0 radical (unpaired) electrons. The minimum Gasteiger partial charge on any atom is -0.348 e. The Morgan fingerprint density at radius 1 is 1.13 bits per heavy atom. The molecule has 0 saturated carbocycles. The molecule has 0 aliphatic carbocycles. The summed E-state index contributed by atoms with van der Waals surface area (Å²) in [6, 6.07) is 16.8. The predicted octanol–water partition coefficient (Wildman–Crippen LogP) is 3.18. The van der Waals surface area contributed by atoms with Crippen LogP contribution in [-0.2, 0) is 22.5 Å². The third-order valence-corrected chi connectivity index (χ3v) is 5.16. The highest BCUT2D eigenvalue weighted by molar-refractivity contribution is 7.99. The molecular formula is C19H22N2OS. The van der Waals surface area contributed by atoms with Gasteiger partial charge in [-0.2, -0.15) is 0 Å². The summed E-state index contributed by atoms with van der Waals surface area (Å²) in [6.07, 6.45) is 2.55. The Morgan fingerprint density at radius 2 is 1.87 bits per heavy atom. The van der Waals surface area contributed by atoms with E-state index in [0.717, 1.165) is 23.9 Å². The molecule has 1 unspecified atom stereocenters. The maximum absolute atomic E-state index is 12.1. The van der Waals surface area contributed by atoms with E-state index in [9.17, 15) is 4.21 Å². The van der Waals surface area contributed by atoms with E-state index in [0.29, 0.717) is 5.03 Å². The fourth-order valence-electron chi connectivity index (χ4n) is 2.81. The van der Waals surface area contributed by atoms with E-state index in [1.54, 1.807) is 6.26 Å². The van der Waals surface area contributed by atoms with Gasteiger partial charge in [-0.3, -0.25) is 4.21 Å². The maximum Gasteiger partial charge on any atom is 0.0959 e. The number of benzene rings is 2. The van der Waals surface area contributed by atoms with Crippen LogP contribution in [0.2, 0.25) is 0 Å². The van der Waals surface area contributed by atoms with Crippen LogP contribution >= 0.6 is 0 Å². The van der Waals surface area contributed by atoms with Crippen molar-refractivity contribution in [2.45, 2.75) is 18.0 Å². The zero-order valence-corrected chi connectivity index (χ0v) is 14.4. The van der Waals surface area contributed by atoms with E-state index in [1.807, 2.05) is 13.1 Å². The first-order valence-electron chi connectivity index (χ1n) is 7.62. The van der Waals surface area contributed by atoms with E-state index < -0.39 is 9.52 Å². The highest BCUT2D eigenvalue weighted by atomic mass is 32.2. The molecule has 0 aliphatic rings. The molecule has 0 aliphatic heterocycles. The van der Waals surface area contributed by atoms with Gasteiger partial charge in [-0.25, -0.2) is 0 Å². The Morgan fingerprint density at radius 3 is 2.57 bits per heavy atom. The second kappa shape index (κ2) is 6.22. The number of fused-ring (bicyclic) bond motifs is 1. The highest BCUT2D eigenvalue weighted by Gasteiger charge is 2.08. The van der Waals surface area contributed by atoms with Gasteiger partial charge in [0.05, 0.1) is 5.03 Å². The molecule has 0 amide bonds. The van der Waals surface area contributed by atoms with Gasteiger partial charge in [0.25, 0.3) is 0 Å². The average Bonchev–Trinajstić information content (AvgIpc) is 2.93. The summed E-state index contributed by atoms with van der Waals surface area (Å²) in [5.41, 5.74) is 4.90. The SMILES string of the molecule is C=S(C)(=O)c1cc2cc(Cc3ccccc3CNC)ccc2[nH]1. The molecule has 3 aromatic rings. The van der Waals surface area contributed by atoms with E-state index >= 15 is 0 Å². The molecule has 0 bridgehead atoms. The van der Waals surface area contributed by atoms with Crippen molar-refractivity contribution in [1.29, 1.82) is 0 Å². The van der Waals surface area contributed by atoms with Crippen LogP contribution < -0.4 is 5.32 Å². The van der Waals surface area contributed by atoms with Gasteiger partial charge in [-0.05, 0) is 54.2 Å². The van der Waals surface area contributed by atoms with Crippen LogP contribution in [0.1, 0.15) is 16.7 Å². The van der Waals surface area contributed by atoms with Crippen molar-refractivity contribution in [2.24, 2.45) is 0 Å². The van der Waals surface area contributed by atoms with E-state index in [-0.39, 0.29) is 0 Å². The van der Waals surface area contributed by atoms with Crippen molar-refractivity contribution in [2.75, 3.05) is 13.3 Å². The molecule has 0 fully saturated rings. The lowest BCUT2D eigenvalue weighted by Gasteiger charge is -2.09. The number of aromatic amines is 1. The topological polar surface area (TPSA) is 44.9 Å². The van der Waals surface area contributed by atoms with Crippen LogP contribution in [0.25, 0.3) is 10.9 Å². The first-order valence-corrected chi connectivity index (χ1v) is 9.76. The van der Waals surface area contributed by atoms with Crippen LogP contribution in [0.5, 0.6) is 0 Å². The fourth-order valence-corrected chi connectivity index (χ4v) is 3.51. The van der Waals surface area contributed by atoms with Crippen molar-refractivity contribution in [1.82, 2.24) is 10.3 Å². The van der Waals surface area contributed by atoms with Crippen LogP contribution in [-0.4, -0.2) is 28.4 Å². The molecule has 1 heterocycles.